The van der Waals surface area contributed by atoms with Gasteiger partial charge in [-0.05, 0) is 65.6 Å². The van der Waals surface area contributed by atoms with Crippen molar-refractivity contribution in [2.45, 2.75) is 58.0 Å². The van der Waals surface area contributed by atoms with Gasteiger partial charge in [0.2, 0.25) is 11.8 Å². The summed E-state index contributed by atoms with van der Waals surface area (Å²) in [6, 6.07) is -0.295. The van der Waals surface area contributed by atoms with Crippen LogP contribution in [0, 0.1) is 5.92 Å². The lowest BCUT2D eigenvalue weighted by Gasteiger charge is -2.43. The number of piperazine rings is 1. The molecular weight excluding hydrogens is 266 g/mol. The number of carbonyl (C=O) groups excluding carboxylic acids is 2. The summed E-state index contributed by atoms with van der Waals surface area (Å²) in [5.74, 6) is 0.729. The molecule has 5 heteroatoms. The molecule has 2 aliphatic rings. The summed E-state index contributed by atoms with van der Waals surface area (Å²) in [5.41, 5.74) is -0.768. The number of likely N-dealkylation sites (tertiary alicyclic amines) is 1. The Kier molecular flexibility index (Phi) is 4.91. The van der Waals surface area contributed by atoms with Gasteiger partial charge >= 0.3 is 0 Å². The second-order valence-corrected chi connectivity index (χ2v) is 7.07. The molecule has 2 rings (SSSR count). The lowest BCUT2D eigenvalue weighted by Crippen LogP contribution is -2.68. The van der Waals surface area contributed by atoms with Crippen LogP contribution in [0.25, 0.3) is 0 Å². The second kappa shape index (κ2) is 6.34. The number of carbonyl (C=O) groups is 2. The highest BCUT2D eigenvalue weighted by molar-refractivity contribution is 5.99. The fourth-order valence-electron chi connectivity index (χ4n) is 3.42. The summed E-state index contributed by atoms with van der Waals surface area (Å²) < 4.78 is 0. The van der Waals surface area contributed by atoms with Crippen molar-refractivity contribution in [1.29, 1.82) is 0 Å². The predicted octanol–water partition coefficient (Wildman–Crippen LogP) is 1.23. The predicted molar refractivity (Wildman–Crippen MR) is 82.9 cm³/mol. The van der Waals surface area contributed by atoms with Gasteiger partial charge in [0.05, 0.1) is 0 Å². The largest absolute Gasteiger partial charge is 0.340 e. The van der Waals surface area contributed by atoms with Crippen molar-refractivity contribution in [3.63, 3.8) is 0 Å². The molecule has 0 aliphatic carbocycles. The average Bonchev–Trinajstić information content (AvgIpc) is 2.42. The fraction of sp³-hybridized carbons (Fsp3) is 0.875. The molecule has 2 fully saturated rings. The molecule has 1 atom stereocenters. The topological polar surface area (TPSA) is 52.7 Å². The van der Waals surface area contributed by atoms with Gasteiger partial charge in [0, 0.05) is 6.54 Å². The zero-order valence-corrected chi connectivity index (χ0v) is 13.8. The molecule has 2 heterocycles. The highest BCUT2D eigenvalue weighted by Crippen LogP contribution is 2.24. The zero-order valence-electron chi connectivity index (χ0n) is 13.8. The minimum absolute atomic E-state index is 0.00882. The van der Waals surface area contributed by atoms with Crippen LogP contribution in [0.1, 0.15) is 46.5 Å². The second-order valence-electron chi connectivity index (χ2n) is 7.07. The third-order valence-corrected chi connectivity index (χ3v) is 4.91. The molecule has 0 aromatic rings. The first-order valence-electron chi connectivity index (χ1n) is 8.16. The highest BCUT2D eigenvalue weighted by Gasteiger charge is 2.44. The van der Waals surface area contributed by atoms with E-state index in [1.54, 1.807) is 13.8 Å². The molecule has 0 aromatic carbocycles. The fourth-order valence-corrected chi connectivity index (χ4v) is 3.42. The molecule has 120 valence electrons. The van der Waals surface area contributed by atoms with Crippen molar-refractivity contribution in [2.24, 2.45) is 5.92 Å². The lowest BCUT2D eigenvalue weighted by molar-refractivity contribution is -0.153. The Hall–Kier alpha value is -1.10. The van der Waals surface area contributed by atoms with Crippen molar-refractivity contribution < 1.29 is 9.59 Å². The van der Waals surface area contributed by atoms with Crippen molar-refractivity contribution in [1.82, 2.24) is 15.1 Å². The number of nitrogens with one attached hydrogen (secondary N) is 1. The van der Waals surface area contributed by atoms with Crippen LogP contribution in [0.5, 0.6) is 0 Å². The van der Waals surface area contributed by atoms with Crippen LogP contribution in [0.2, 0.25) is 0 Å². The van der Waals surface area contributed by atoms with Crippen LogP contribution >= 0.6 is 0 Å². The molecule has 1 unspecified atom stereocenters. The molecule has 5 nitrogen and oxygen atoms in total. The van der Waals surface area contributed by atoms with Gasteiger partial charge in [-0.3, -0.25) is 9.59 Å². The van der Waals surface area contributed by atoms with Crippen molar-refractivity contribution in [3.05, 3.63) is 0 Å². The molecule has 2 amide bonds. The number of rotatable bonds is 4. The van der Waals surface area contributed by atoms with Crippen LogP contribution in [0.4, 0.5) is 0 Å². The monoisotopic (exact) mass is 295 g/mol. The van der Waals surface area contributed by atoms with E-state index in [4.69, 9.17) is 0 Å². The first-order valence-corrected chi connectivity index (χ1v) is 8.16. The van der Waals surface area contributed by atoms with Crippen LogP contribution in [-0.4, -0.2) is 59.9 Å². The normalized spacial score (nSPS) is 27.8. The molecule has 0 aromatic heterocycles. The number of hydrogen-bond donors (Lipinski definition) is 1. The van der Waals surface area contributed by atoms with Crippen LogP contribution in [0.3, 0.4) is 0 Å². The summed E-state index contributed by atoms with van der Waals surface area (Å²) in [5, 5.41) is 2.84. The molecular formula is C16H29N3O2. The summed E-state index contributed by atoms with van der Waals surface area (Å²) in [4.78, 5) is 28.9. The number of amides is 2. The summed E-state index contributed by atoms with van der Waals surface area (Å²) in [7, 11) is 2.16. The van der Waals surface area contributed by atoms with E-state index in [-0.39, 0.29) is 17.9 Å². The Bertz CT molecular complexity index is 400. The van der Waals surface area contributed by atoms with Gasteiger partial charge in [-0.2, -0.15) is 0 Å². The lowest BCUT2D eigenvalue weighted by atomic mass is 9.91. The van der Waals surface area contributed by atoms with E-state index in [1.807, 2.05) is 11.8 Å². The molecule has 0 bridgehead atoms. The van der Waals surface area contributed by atoms with Crippen LogP contribution in [0.15, 0.2) is 0 Å². The Morgan fingerprint density at radius 2 is 1.86 bits per heavy atom. The van der Waals surface area contributed by atoms with Gasteiger partial charge in [0.15, 0.2) is 0 Å². The zero-order chi connectivity index (χ0) is 15.6. The quantitative estimate of drug-likeness (QED) is 0.849. The third-order valence-electron chi connectivity index (χ3n) is 4.91. The van der Waals surface area contributed by atoms with Crippen molar-refractivity contribution in [2.75, 3.05) is 26.7 Å². The standard InChI is InChI=1S/C16H29N3O2/c1-5-13-14(20)17-16(2,3)15(21)19(13)11-8-12-6-9-18(4)10-7-12/h12-13H,5-11H2,1-4H3,(H,17,20). The van der Waals surface area contributed by atoms with Gasteiger partial charge in [0.1, 0.15) is 11.6 Å². The Balaban J connectivity index is 1.98. The first kappa shape index (κ1) is 16.3. The summed E-state index contributed by atoms with van der Waals surface area (Å²) in [6.07, 6.45) is 4.09. The number of nitrogens with zero attached hydrogens (tertiary/aromatic N) is 2. The van der Waals surface area contributed by atoms with Gasteiger partial charge in [0.25, 0.3) is 0 Å². The molecule has 2 aliphatic heterocycles. The molecule has 0 saturated carbocycles. The Labute approximate surface area is 128 Å². The number of hydrogen-bond acceptors (Lipinski definition) is 3. The third kappa shape index (κ3) is 3.57. The van der Waals surface area contributed by atoms with Crippen LogP contribution < -0.4 is 5.32 Å². The van der Waals surface area contributed by atoms with E-state index in [9.17, 15) is 9.59 Å². The molecule has 2 saturated heterocycles. The first-order chi connectivity index (χ1) is 9.85. The van der Waals surface area contributed by atoms with Gasteiger partial charge in [-0.1, -0.05) is 6.92 Å². The number of piperidine rings is 1. The van der Waals surface area contributed by atoms with E-state index < -0.39 is 5.54 Å². The van der Waals surface area contributed by atoms with Crippen LogP contribution in [-0.2, 0) is 9.59 Å². The molecule has 1 N–H and O–H groups in total. The summed E-state index contributed by atoms with van der Waals surface area (Å²) >= 11 is 0. The maximum absolute atomic E-state index is 12.6. The maximum Gasteiger partial charge on any atom is 0.248 e. The molecule has 0 radical (unpaired) electrons. The summed E-state index contributed by atoms with van der Waals surface area (Å²) in [6.45, 7) is 8.55. The van der Waals surface area contributed by atoms with E-state index in [0.717, 1.165) is 19.5 Å². The SMILES string of the molecule is CCC1C(=O)NC(C)(C)C(=O)N1CCC1CCN(C)CC1. The molecule has 0 spiro atoms. The Morgan fingerprint density at radius 3 is 2.43 bits per heavy atom. The van der Waals surface area contributed by atoms with E-state index in [0.29, 0.717) is 18.9 Å². The van der Waals surface area contributed by atoms with Crippen molar-refractivity contribution in [3.8, 4) is 0 Å². The van der Waals surface area contributed by atoms with E-state index >= 15 is 0 Å². The smallest absolute Gasteiger partial charge is 0.248 e. The van der Waals surface area contributed by atoms with Gasteiger partial charge in [-0.15, -0.1) is 0 Å². The minimum atomic E-state index is -0.768. The average molecular weight is 295 g/mol. The van der Waals surface area contributed by atoms with Gasteiger partial charge in [-0.25, -0.2) is 0 Å². The van der Waals surface area contributed by atoms with Gasteiger partial charge < -0.3 is 15.1 Å². The maximum atomic E-state index is 12.6. The minimum Gasteiger partial charge on any atom is -0.340 e. The van der Waals surface area contributed by atoms with E-state index in [2.05, 4.69) is 17.3 Å². The molecule has 21 heavy (non-hydrogen) atoms. The highest BCUT2D eigenvalue weighted by atomic mass is 16.2. The Morgan fingerprint density at radius 1 is 1.24 bits per heavy atom. The van der Waals surface area contributed by atoms with Crippen molar-refractivity contribution >= 4 is 11.8 Å². The van der Waals surface area contributed by atoms with E-state index in [1.165, 1.54) is 12.8 Å².